The largest absolute Gasteiger partial charge is 0.341 e. The third-order valence-electron chi connectivity index (χ3n) is 5.27. The molecule has 0 aliphatic heterocycles. The predicted octanol–water partition coefficient (Wildman–Crippen LogP) is 3.09. The van der Waals surface area contributed by atoms with Crippen LogP contribution in [0.4, 0.5) is 0 Å². The Balaban J connectivity index is 1.76. The summed E-state index contributed by atoms with van der Waals surface area (Å²) in [5.74, 6) is 0.0480. The fourth-order valence-electron chi connectivity index (χ4n) is 3.86. The normalized spacial score (nSPS) is 23.1. The Morgan fingerprint density at radius 3 is 2.62 bits per heavy atom. The Bertz CT molecular complexity index is 581. The lowest BCUT2D eigenvalue weighted by molar-refractivity contribution is -0.139. The summed E-state index contributed by atoms with van der Waals surface area (Å²) in [6.45, 7) is 0. The molecule has 0 bridgehead atoms. The highest BCUT2D eigenvalue weighted by Gasteiger charge is 2.44. The van der Waals surface area contributed by atoms with E-state index in [0.717, 1.165) is 44.9 Å². The van der Waals surface area contributed by atoms with E-state index in [1.807, 2.05) is 11.9 Å². The minimum absolute atomic E-state index is 0.0480. The van der Waals surface area contributed by atoms with Gasteiger partial charge in [-0.3, -0.25) is 4.79 Å². The molecule has 1 saturated carbocycles. The molecular formula is C18H22N2O. The molecular weight excluding hydrogens is 260 g/mol. The molecule has 3 nitrogen and oxygen atoms in total. The van der Waals surface area contributed by atoms with Crippen LogP contribution in [-0.4, -0.2) is 23.9 Å². The zero-order valence-electron chi connectivity index (χ0n) is 12.6. The topological polar surface area (TPSA) is 44.1 Å². The van der Waals surface area contributed by atoms with Crippen molar-refractivity contribution in [3.63, 3.8) is 0 Å². The summed E-state index contributed by atoms with van der Waals surface area (Å²) in [4.78, 5) is 14.7. The van der Waals surface area contributed by atoms with Crippen LogP contribution >= 0.6 is 0 Å². The lowest BCUT2D eigenvalue weighted by Crippen LogP contribution is -2.47. The van der Waals surface area contributed by atoms with Crippen molar-refractivity contribution in [1.82, 2.24) is 4.90 Å². The van der Waals surface area contributed by atoms with E-state index in [4.69, 9.17) is 0 Å². The molecule has 0 spiro atoms. The standard InChI is InChI=1S/C18H22N2O/c1-20(17(21)18(13-19)10-4-5-11-18)16-9-8-14-6-2-3-7-15(14)12-16/h2-3,6-7,16H,4-5,8-12H2,1H3/t16-/m0/s1. The third-order valence-corrected chi connectivity index (χ3v) is 5.27. The van der Waals surface area contributed by atoms with Gasteiger partial charge in [-0.25, -0.2) is 0 Å². The van der Waals surface area contributed by atoms with Crippen LogP contribution in [0.15, 0.2) is 24.3 Å². The van der Waals surface area contributed by atoms with Crippen LogP contribution < -0.4 is 0 Å². The van der Waals surface area contributed by atoms with Gasteiger partial charge >= 0.3 is 0 Å². The maximum absolute atomic E-state index is 12.8. The second-order valence-electron chi connectivity index (χ2n) is 6.48. The number of likely N-dealkylation sites (N-methyl/N-ethyl adjacent to an activating group) is 1. The van der Waals surface area contributed by atoms with Crippen molar-refractivity contribution in [3.8, 4) is 6.07 Å². The van der Waals surface area contributed by atoms with E-state index in [2.05, 4.69) is 30.3 Å². The molecule has 110 valence electrons. The molecule has 2 aliphatic carbocycles. The maximum Gasteiger partial charge on any atom is 0.243 e. The molecule has 0 aromatic heterocycles. The summed E-state index contributed by atoms with van der Waals surface area (Å²) in [6, 6.07) is 11.1. The molecule has 0 saturated heterocycles. The number of rotatable bonds is 2. The zero-order valence-corrected chi connectivity index (χ0v) is 12.6. The molecule has 1 aromatic rings. The minimum Gasteiger partial charge on any atom is -0.341 e. The fourth-order valence-corrected chi connectivity index (χ4v) is 3.86. The zero-order chi connectivity index (χ0) is 14.9. The molecule has 0 heterocycles. The molecule has 3 heteroatoms. The quantitative estimate of drug-likeness (QED) is 0.836. The molecule has 3 rings (SSSR count). The lowest BCUT2D eigenvalue weighted by Gasteiger charge is -2.36. The Hall–Kier alpha value is -1.82. The Morgan fingerprint density at radius 1 is 1.29 bits per heavy atom. The number of nitriles is 1. The molecule has 0 radical (unpaired) electrons. The summed E-state index contributed by atoms with van der Waals surface area (Å²) < 4.78 is 0. The first-order chi connectivity index (χ1) is 10.2. The highest BCUT2D eigenvalue weighted by Crippen LogP contribution is 2.40. The van der Waals surface area contributed by atoms with Gasteiger partial charge < -0.3 is 4.90 Å². The molecule has 1 atom stereocenters. The van der Waals surface area contributed by atoms with Crippen LogP contribution in [0.25, 0.3) is 0 Å². The summed E-state index contributed by atoms with van der Waals surface area (Å²) in [6.07, 6.45) is 6.41. The molecule has 0 N–H and O–H groups in total. The maximum atomic E-state index is 12.8. The smallest absolute Gasteiger partial charge is 0.243 e. The number of hydrogen-bond acceptors (Lipinski definition) is 2. The summed E-state index contributed by atoms with van der Waals surface area (Å²) in [7, 11) is 1.89. The van der Waals surface area contributed by atoms with Crippen LogP contribution in [0.5, 0.6) is 0 Å². The fraction of sp³-hybridized carbons (Fsp3) is 0.556. The average Bonchev–Trinajstić information content (AvgIpc) is 3.03. The average molecular weight is 282 g/mol. The van der Waals surface area contributed by atoms with E-state index in [1.165, 1.54) is 11.1 Å². The van der Waals surface area contributed by atoms with Crippen LogP contribution in [0.2, 0.25) is 0 Å². The minimum atomic E-state index is -0.744. The highest BCUT2D eigenvalue weighted by atomic mass is 16.2. The van der Waals surface area contributed by atoms with E-state index in [1.54, 1.807) is 0 Å². The molecule has 0 unspecified atom stereocenters. The number of fused-ring (bicyclic) bond motifs is 1. The van der Waals surface area contributed by atoms with E-state index in [-0.39, 0.29) is 11.9 Å². The van der Waals surface area contributed by atoms with Gasteiger partial charge in [-0.05, 0) is 43.2 Å². The Kier molecular flexibility index (Phi) is 3.71. The number of carbonyl (C=O) groups is 1. The highest BCUT2D eigenvalue weighted by molar-refractivity contribution is 5.86. The predicted molar refractivity (Wildman–Crippen MR) is 81.5 cm³/mol. The monoisotopic (exact) mass is 282 g/mol. The van der Waals surface area contributed by atoms with E-state index in [9.17, 15) is 10.1 Å². The van der Waals surface area contributed by atoms with Gasteiger partial charge in [-0.15, -0.1) is 0 Å². The van der Waals surface area contributed by atoms with Crippen molar-refractivity contribution < 1.29 is 4.79 Å². The van der Waals surface area contributed by atoms with Crippen molar-refractivity contribution in [2.45, 2.75) is 51.0 Å². The van der Waals surface area contributed by atoms with Gasteiger partial charge in [0.25, 0.3) is 0 Å². The van der Waals surface area contributed by atoms with Gasteiger partial charge in [0, 0.05) is 13.1 Å². The Labute approximate surface area is 126 Å². The van der Waals surface area contributed by atoms with Crippen LogP contribution in [0, 0.1) is 16.7 Å². The third kappa shape index (κ3) is 2.44. The van der Waals surface area contributed by atoms with Crippen molar-refractivity contribution >= 4 is 5.91 Å². The molecule has 1 fully saturated rings. The van der Waals surface area contributed by atoms with Crippen molar-refractivity contribution in [2.75, 3.05) is 7.05 Å². The Morgan fingerprint density at radius 2 is 1.95 bits per heavy atom. The number of aryl methyl sites for hydroxylation is 1. The van der Waals surface area contributed by atoms with Crippen molar-refractivity contribution in [2.24, 2.45) is 5.41 Å². The summed E-state index contributed by atoms with van der Waals surface area (Å²) in [5, 5.41) is 9.49. The molecule has 1 aromatic carbocycles. The van der Waals surface area contributed by atoms with Crippen LogP contribution in [0.1, 0.15) is 43.2 Å². The lowest BCUT2D eigenvalue weighted by atomic mass is 9.83. The number of carbonyl (C=O) groups excluding carboxylic acids is 1. The summed E-state index contributed by atoms with van der Waals surface area (Å²) in [5.41, 5.74) is 2.02. The van der Waals surface area contributed by atoms with E-state index < -0.39 is 5.41 Å². The number of amides is 1. The second-order valence-corrected chi connectivity index (χ2v) is 6.48. The van der Waals surface area contributed by atoms with Gasteiger partial charge in [0.1, 0.15) is 5.41 Å². The SMILES string of the molecule is CN(C(=O)C1(C#N)CCCC1)[C@H]1CCc2ccccc2C1. The molecule has 21 heavy (non-hydrogen) atoms. The van der Waals surface area contributed by atoms with Gasteiger partial charge in [0.15, 0.2) is 0 Å². The van der Waals surface area contributed by atoms with E-state index in [0.29, 0.717) is 0 Å². The number of nitrogens with zero attached hydrogens (tertiary/aromatic N) is 2. The van der Waals surface area contributed by atoms with Gasteiger partial charge in [0.05, 0.1) is 6.07 Å². The van der Waals surface area contributed by atoms with Crippen molar-refractivity contribution in [3.05, 3.63) is 35.4 Å². The second kappa shape index (κ2) is 5.52. The van der Waals surface area contributed by atoms with Crippen LogP contribution in [0.3, 0.4) is 0 Å². The molecule has 1 amide bonds. The number of hydrogen-bond donors (Lipinski definition) is 0. The molecule has 2 aliphatic rings. The number of benzene rings is 1. The van der Waals surface area contributed by atoms with Gasteiger partial charge in [-0.1, -0.05) is 37.1 Å². The first-order valence-electron chi connectivity index (χ1n) is 7.91. The first kappa shape index (κ1) is 14.1. The van der Waals surface area contributed by atoms with Crippen molar-refractivity contribution in [1.29, 1.82) is 5.26 Å². The van der Waals surface area contributed by atoms with Crippen LogP contribution in [-0.2, 0) is 17.6 Å². The van der Waals surface area contributed by atoms with Gasteiger partial charge in [0.2, 0.25) is 5.91 Å². The summed E-state index contributed by atoms with van der Waals surface area (Å²) >= 11 is 0. The van der Waals surface area contributed by atoms with E-state index >= 15 is 0 Å². The van der Waals surface area contributed by atoms with Gasteiger partial charge in [-0.2, -0.15) is 5.26 Å². The first-order valence-corrected chi connectivity index (χ1v) is 7.91.